The van der Waals surface area contributed by atoms with Crippen LogP contribution in [0.4, 0.5) is 0 Å². The Morgan fingerprint density at radius 3 is 2.64 bits per heavy atom. The van der Waals surface area contributed by atoms with Crippen molar-refractivity contribution in [3.05, 3.63) is 23.8 Å². The summed E-state index contributed by atoms with van der Waals surface area (Å²) in [5.41, 5.74) is -2.66. The smallest absolute Gasteiger partial charge is 0.393 e. The lowest BCUT2D eigenvalue weighted by molar-refractivity contribution is -0.203. The van der Waals surface area contributed by atoms with Crippen LogP contribution in [0.5, 0.6) is 0 Å². The Balaban J connectivity index is 1.56. The lowest BCUT2D eigenvalue weighted by Gasteiger charge is -2.60. The molecule has 4 fully saturated rings. The van der Waals surface area contributed by atoms with Gasteiger partial charge in [0.2, 0.25) is 0 Å². The van der Waals surface area contributed by atoms with Gasteiger partial charge in [0.25, 0.3) is 0 Å². The van der Waals surface area contributed by atoms with E-state index in [9.17, 15) is 28.2 Å². The molecule has 3 saturated carbocycles. The summed E-state index contributed by atoms with van der Waals surface area (Å²) >= 11 is 0. The van der Waals surface area contributed by atoms with E-state index in [-0.39, 0.29) is 30.0 Å². The molecule has 3 N–H and O–H groups in total. The molecule has 10 atom stereocenters. The molecule has 4 aliphatic carbocycles. The van der Waals surface area contributed by atoms with E-state index in [1.807, 2.05) is 20.8 Å². The van der Waals surface area contributed by atoms with Crippen LogP contribution < -0.4 is 0 Å². The fourth-order valence-corrected chi connectivity index (χ4v) is 8.55. The van der Waals surface area contributed by atoms with Gasteiger partial charge in [-0.25, -0.2) is 4.18 Å². The summed E-state index contributed by atoms with van der Waals surface area (Å²) in [7, 11) is -4.86. The molecule has 5 rings (SSSR count). The lowest BCUT2D eigenvalue weighted by atomic mass is 9.45. The first-order valence-electron chi connectivity index (χ1n) is 12.6. The fourth-order valence-electron chi connectivity index (χ4n) is 8.30. The van der Waals surface area contributed by atoms with Crippen molar-refractivity contribution in [2.45, 2.75) is 83.1 Å². The summed E-state index contributed by atoms with van der Waals surface area (Å²) < 4.78 is 48.6. The SMILES string of the molecule is CCCC1O[C@@H]2C[C@H]3[C@@H]4C[C@@H](O)C5=CC(=O)C=C[C@]5(C)[C@H]4[C@@H](O)C[C@]3(C)[C@]2(C(=O)COS(=O)(=O)O)O1. The molecule has 0 bridgehead atoms. The van der Waals surface area contributed by atoms with Crippen LogP contribution in [-0.2, 0) is 33.6 Å². The molecular weight excluding hydrogens is 492 g/mol. The molecule has 0 amide bonds. The third-order valence-corrected chi connectivity index (χ3v) is 10.0. The zero-order valence-corrected chi connectivity index (χ0v) is 21.4. The quantitative estimate of drug-likeness (QED) is 0.434. The monoisotopic (exact) mass is 526 g/mol. The Kier molecular flexibility index (Phi) is 6.19. The number of ether oxygens (including phenoxy) is 2. The maximum Gasteiger partial charge on any atom is 0.397 e. The fraction of sp³-hybridized carbons (Fsp3) is 0.760. The van der Waals surface area contributed by atoms with Crippen molar-refractivity contribution in [3.63, 3.8) is 0 Å². The highest BCUT2D eigenvalue weighted by Gasteiger charge is 2.76. The van der Waals surface area contributed by atoms with Crippen LogP contribution in [0.25, 0.3) is 0 Å². The van der Waals surface area contributed by atoms with Gasteiger partial charge < -0.3 is 19.7 Å². The zero-order valence-electron chi connectivity index (χ0n) is 20.6. The van der Waals surface area contributed by atoms with Gasteiger partial charge in [0.1, 0.15) is 6.61 Å². The van der Waals surface area contributed by atoms with Crippen LogP contribution in [0.3, 0.4) is 0 Å². The number of hydrogen-bond donors (Lipinski definition) is 3. The molecule has 1 aliphatic heterocycles. The highest BCUT2D eigenvalue weighted by Crippen LogP contribution is 2.69. The molecule has 0 aromatic carbocycles. The van der Waals surface area contributed by atoms with Crippen molar-refractivity contribution < 1.29 is 46.4 Å². The zero-order chi connectivity index (χ0) is 26.3. The van der Waals surface area contributed by atoms with Gasteiger partial charge in [-0.05, 0) is 55.2 Å². The van der Waals surface area contributed by atoms with E-state index in [1.54, 1.807) is 6.08 Å². The van der Waals surface area contributed by atoms with Crippen molar-refractivity contribution >= 4 is 22.0 Å². The molecule has 11 heteroatoms. The first-order chi connectivity index (χ1) is 16.8. The summed E-state index contributed by atoms with van der Waals surface area (Å²) in [6.45, 7) is 4.82. The number of fused-ring (bicyclic) bond motifs is 7. The summed E-state index contributed by atoms with van der Waals surface area (Å²) in [6, 6.07) is 0. The average Bonchev–Trinajstić information content (AvgIpc) is 3.25. The van der Waals surface area contributed by atoms with Gasteiger partial charge in [0, 0.05) is 16.7 Å². The van der Waals surface area contributed by atoms with Crippen LogP contribution in [0, 0.1) is 28.6 Å². The van der Waals surface area contributed by atoms with E-state index in [0.717, 1.165) is 6.42 Å². The van der Waals surface area contributed by atoms with Crippen molar-refractivity contribution in [1.29, 1.82) is 0 Å². The second-order valence-corrected chi connectivity index (χ2v) is 12.5. The molecule has 36 heavy (non-hydrogen) atoms. The predicted octanol–water partition coefficient (Wildman–Crippen LogP) is 1.51. The Hall–Kier alpha value is -1.47. The lowest BCUT2D eigenvalue weighted by Crippen LogP contribution is -2.64. The van der Waals surface area contributed by atoms with Crippen molar-refractivity contribution in [3.8, 4) is 0 Å². The van der Waals surface area contributed by atoms with Crippen molar-refractivity contribution in [1.82, 2.24) is 0 Å². The van der Waals surface area contributed by atoms with Gasteiger partial charge in [0.15, 0.2) is 23.5 Å². The number of aliphatic hydroxyl groups excluding tert-OH is 2. The molecule has 0 spiro atoms. The molecule has 0 radical (unpaired) electrons. The summed E-state index contributed by atoms with van der Waals surface area (Å²) in [5, 5.41) is 22.7. The van der Waals surface area contributed by atoms with Gasteiger partial charge in [-0.3, -0.25) is 14.1 Å². The molecule has 1 unspecified atom stereocenters. The third-order valence-electron chi connectivity index (χ3n) is 9.59. The maximum absolute atomic E-state index is 13.7. The third kappa shape index (κ3) is 3.62. The van der Waals surface area contributed by atoms with Crippen LogP contribution in [0.15, 0.2) is 23.8 Å². The minimum Gasteiger partial charge on any atom is -0.393 e. The Labute approximate surface area is 210 Å². The van der Waals surface area contributed by atoms with E-state index in [2.05, 4.69) is 4.18 Å². The predicted molar refractivity (Wildman–Crippen MR) is 125 cm³/mol. The van der Waals surface area contributed by atoms with Gasteiger partial charge >= 0.3 is 10.4 Å². The molecule has 200 valence electrons. The second kappa shape index (κ2) is 8.52. The minimum absolute atomic E-state index is 0.176. The average molecular weight is 527 g/mol. The number of rotatable bonds is 6. The van der Waals surface area contributed by atoms with Crippen LogP contribution in [0.2, 0.25) is 0 Å². The Morgan fingerprint density at radius 2 is 1.97 bits per heavy atom. The van der Waals surface area contributed by atoms with Crippen LogP contribution >= 0.6 is 0 Å². The van der Waals surface area contributed by atoms with E-state index in [4.69, 9.17) is 14.0 Å². The first-order valence-corrected chi connectivity index (χ1v) is 13.9. The van der Waals surface area contributed by atoms with Crippen LogP contribution in [-0.4, -0.2) is 71.6 Å². The summed E-state index contributed by atoms with van der Waals surface area (Å²) in [5.74, 6) is -1.58. The van der Waals surface area contributed by atoms with Crippen LogP contribution in [0.1, 0.15) is 52.9 Å². The number of carbonyl (C=O) groups excluding carboxylic acids is 2. The summed E-state index contributed by atoms with van der Waals surface area (Å²) in [6.07, 6.45) is 3.74. The van der Waals surface area contributed by atoms with Crippen molar-refractivity contribution in [2.75, 3.05) is 6.61 Å². The van der Waals surface area contributed by atoms with E-state index in [1.165, 1.54) is 12.2 Å². The van der Waals surface area contributed by atoms with E-state index in [0.29, 0.717) is 24.8 Å². The Bertz CT molecular complexity index is 1130. The molecular formula is C25H34O10S. The van der Waals surface area contributed by atoms with Crippen molar-refractivity contribution in [2.24, 2.45) is 28.6 Å². The maximum atomic E-state index is 13.7. The van der Waals surface area contributed by atoms with Gasteiger partial charge in [-0.1, -0.05) is 33.3 Å². The normalized spacial score (nSPS) is 47.6. The second-order valence-electron chi connectivity index (χ2n) is 11.4. The minimum atomic E-state index is -4.86. The highest BCUT2D eigenvalue weighted by atomic mass is 32.3. The van der Waals surface area contributed by atoms with Gasteiger partial charge in [0.05, 0.1) is 18.3 Å². The molecule has 10 nitrogen and oxygen atoms in total. The standard InChI is InChI=1S/C25H34O10S/c1-4-5-21-34-20-10-15-14-9-17(27)16-8-13(26)6-7-23(16,2)22(14)18(28)11-24(15,3)25(20,35-21)19(29)12-33-36(30,31)32/h6-8,14-15,17-18,20-22,27-28H,4-5,9-12H2,1-3H3,(H,30,31,32)/t14-,15-,17+,18-,20+,21?,22+,23-,24-,25+/m0/s1. The number of Topliss-reactive ketones (excluding diaryl/α,β-unsaturated/α-hetero) is 1. The molecule has 0 aromatic heterocycles. The molecule has 1 heterocycles. The largest absolute Gasteiger partial charge is 0.397 e. The highest BCUT2D eigenvalue weighted by molar-refractivity contribution is 7.80. The van der Waals surface area contributed by atoms with E-state index >= 15 is 0 Å². The molecule has 0 aromatic rings. The number of hydrogen-bond acceptors (Lipinski definition) is 9. The summed E-state index contributed by atoms with van der Waals surface area (Å²) in [4.78, 5) is 25.7. The number of allylic oxidation sites excluding steroid dienone is 3. The number of aliphatic hydroxyl groups is 2. The molecule has 5 aliphatic rings. The topological polar surface area (TPSA) is 157 Å². The molecule has 1 saturated heterocycles. The Morgan fingerprint density at radius 1 is 1.25 bits per heavy atom. The first kappa shape index (κ1) is 26.1. The van der Waals surface area contributed by atoms with E-state index < -0.39 is 63.8 Å². The van der Waals surface area contributed by atoms with Gasteiger partial charge in [-0.2, -0.15) is 8.42 Å². The number of carbonyl (C=O) groups is 2. The number of ketones is 2. The van der Waals surface area contributed by atoms with Gasteiger partial charge in [-0.15, -0.1) is 0 Å².